The van der Waals surface area contributed by atoms with Crippen molar-refractivity contribution in [2.75, 3.05) is 25.0 Å². The average molecular weight is 576 g/mol. The zero-order valence-corrected chi connectivity index (χ0v) is 23.9. The molecule has 3 aromatic rings. The molecular formula is C31H34FN5O5. The van der Waals surface area contributed by atoms with Crippen LogP contribution in [0.2, 0.25) is 0 Å². The highest BCUT2D eigenvalue weighted by Gasteiger charge is 2.27. The highest BCUT2D eigenvalue weighted by molar-refractivity contribution is 5.91. The first-order valence-corrected chi connectivity index (χ1v) is 14.0. The topological polar surface area (TPSA) is 106 Å². The molecular weight excluding hydrogens is 541 g/mol. The van der Waals surface area contributed by atoms with Gasteiger partial charge in [-0.1, -0.05) is 0 Å². The average Bonchev–Trinajstić information content (AvgIpc) is 3.76. The van der Waals surface area contributed by atoms with Gasteiger partial charge in [0.2, 0.25) is 5.69 Å². The molecule has 0 atom stereocenters. The van der Waals surface area contributed by atoms with Crippen LogP contribution in [0.15, 0.2) is 42.6 Å². The van der Waals surface area contributed by atoms with Crippen LogP contribution >= 0.6 is 0 Å². The number of anilines is 1. The Kier molecular flexibility index (Phi) is 8.34. The van der Waals surface area contributed by atoms with Gasteiger partial charge in [0.1, 0.15) is 28.7 Å². The molecule has 1 aliphatic carbocycles. The second-order valence-corrected chi connectivity index (χ2v) is 11.6. The number of nitrogens with one attached hydrogen (secondary N) is 2. The maximum absolute atomic E-state index is 14.7. The number of fused-ring (bicyclic) bond motifs is 1. The van der Waals surface area contributed by atoms with Gasteiger partial charge in [0, 0.05) is 36.8 Å². The van der Waals surface area contributed by atoms with Gasteiger partial charge >= 0.3 is 12.1 Å². The molecule has 42 heavy (non-hydrogen) atoms. The summed E-state index contributed by atoms with van der Waals surface area (Å²) in [5.74, 6) is 0.648. The van der Waals surface area contributed by atoms with Crippen LogP contribution in [-0.4, -0.2) is 53.3 Å². The first-order valence-electron chi connectivity index (χ1n) is 14.0. The van der Waals surface area contributed by atoms with Crippen LogP contribution in [0.4, 0.5) is 25.4 Å². The van der Waals surface area contributed by atoms with E-state index in [1.807, 2.05) is 20.8 Å². The van der Waals surface area contributed by atoms with E-state index in [2.05, 4.69) is 20.5 Å². The number of carbonyl (C=O) groups is 2. The fraction of sp³-hybridized carbons (Fsp3) is 0.419. The normalized spacial score (nSPS) is 15.5. The Morgan fingerprint density at radius 2 is 1.86 bits per heavy atom. The molecule has 1 aliphatic heterocycles. The van der Waals surface area contributed by atoms with Crippen molar-refractivity contribution >= 4 is 34.4 Å². The van der Waals surface area contributed by atoms with Crippen molar-refractivity contribution in [3.05, 3.63) is 59.8 Å². The van der Waals surface area contributed by atoms with Crippen LogP contribution in [0.1, 0.15) is 46.5 Å². The van der Waals surface area contributed by atoms with E-state index in [9.17, 15) is 14.0 Å². The van der Waals surface area contributed by atoms with Crippen molar-refractivity contribution < 1.29 is 28.2 Å². The number of likely N-dealkylation sites (tertiary alicyclic amines) is 1. The lowest BCUT2D eigenvalue weighted by molar-refractivity contribution is 0.0165. The summed E-state index contributed by atoms with van der Waals surface area (Å²) in [4.78, 5) is 34.1. The van der Waals surface area contributed by atoms with Crippen LogP contribution in [0, 0.1) is 18.3 Å². The molecule has 0 spiro atoms. The molecule has 5 rings (SSSR count). The predicted molar refractivity (Wildman–Crippen MR) is 156 cm³/mol. The second kappa shape index (κ2) is 12.1. The summed E-state index contributed by atoms with van der Waals surface area (Å²) in [6.45, 7) is 14.8. The van der Waals surface area contributed by atoms with Gasteiger partial charge in [0.15, 0.2) is 0 Å². The second-order valence-electron chi connectivity index (χ2n) is 11.6. The number of hydrogen-bond acceptors (Lipinski definition) is 6. The number of ether oxygens (including phenoxy) is 3. The molecule has 3 amide bonds. The number of amides is 3. The summed E-state index contributed by atoms with van der Waals surface area (Å²) in [5.41, 5.74) is 0.381. The Morgan fingerprint density at radius 1 is 1.10 bits per heavy atom. The molecule has 10 nitrogen and oxygen atoms in total. The summed E-state index contributed by atoms with van der Waals surface area (Å²) in [6, 6.07) is 8.91. The Morgan fingerprint density at radius 3 is 2.52 bits per heavy atom. The summed E-state index contributed by atoms with van der Waals surface area (Å²) in [6.07, 6.45) is 4.67. The van der Waals surface area contributed by atoms with Gasteiger partial charge in [-0.15, -0.1) is 0 Å². The number of halogens is 1. The maximum atomic E-state index is 14.7. The van der Waals surface area contributed by atoms with Crippen molar-refractivity contribution in [3.63, 3.8) is 0 Å². The standard InChI is InChI=1S/C31H34FN5O5/c1-31(2,3)42-30(39)37-13-10-19(11-14-37)18-40-28-17-25-22(16-26(28)33-4)27(9-12-34-25)41-21-7-8-24(23(32)15-21)36-29(38)35-20-5-6-20/h7-9,12,15-17,19-20H,5-6,10-11,13-14,18H2,1-3H3,(H2,35,36,38). The first kappa shape index (κ1) is 28.9. The number of nitrogens with zero attached hydrogens (tertiary/aromatic N) is 3. The molecule has 1 saturated carbocycles. The zero-order valence-electron chi connectivity index (χ0n) is 23.9. The quantitative estimate of drug-likeness (QED) is 0.293. The molecule has 2 heterocycles. The summed E-state index contributed by atoms with van der Waals surface area (Å²) in [5, 5.41) is 5.84. The molecule has 1 aromatic heterocycles. The minimum atomic E-state index is -0.633. The third-order valence-electron chi connectivity index (χ3n) is 6.97. The van der Waals surface area contributed by atoms with Crippen molar-refractivity contribution in [2.45, 2.75) is 58.1 Å². The molecule has 2 aromatic carbocycles. The van der Waals surface area contributed by atoms with Crippen LogP contribution in [-0.2, 0) is 4.74 Å². The van der Waals surface area contributed by atoms with Gasteiger partial charge in [-0.3, -0.25) is 4.98 Å². The van der Waals surface area contributed by atoms with E-state index in [0.717, 1.165) is 25.7 Å². The van der Waals surface area contributed by atoms with Crippen LogP contribution < -0.4 is 20.1 Å². The molecule has 0 bridgehead atoms. The monoisotopic (exact) mass is 575 g/mol. The molecule has 2 aliphatic rings. The van der Waals surface area contributed by atoms with Gasteiger partial charge in [0.05, 0.1) is 24.4 Å². The summed E-state index contributed by atoms with van der Waals surface area (Å²) < 4.78 is 32.2. The van der Waals surface area contributed by atoms with Gasteiger partial charge in [-0.2, -0.15) is 0 Å². The van der Waals surface area contributed by atoms with Crippen molar-refractivity contribution in [3.8, 4) is 17.2 Å². The van der Waals surface area contributed by atoms with E-state index >= 15 is 0 Å². The van der Waals surface area contributed by atoms with E-state index in [1.54, 1.807) is 35.4 Å². The fourth-order valence-electron chi connectivity index (χ4n) is 4.60. The SMILES string of the molecule is [C-]#[N+]c1cc2c(Oc3ccc(NC(=O)NC4CC4)c(F)c3)ccnc2cc1OCC1CCN(C(=O)OC(C)(C)C)CC1. The first-order chi connectivity index (χ1) is 20.1. The Hall–Kier alpha value is -4.59. The Bertz CT molecular complexity index is 1520. The minimum Gasteiger partial charge on any atom is -0.504 e. The number of aromatic nitrogens is 1. The lowest BCUT2D eigenvalue weighted by Gasteiger charge is -2.33. The smallest absolute Gasteiger partial charge is 0.410 e. The number of carbonyl (C=O) groups excluding carboxylic acids is 2. The molecule has 2 N–H and O–H groups in total. The van der Waals surface area contributed by atoms with E-state index < -0.39 is 17.4 Å². The van der Waals surface area contributed by atoms with Crippen LogP contribution in [0.5, 0.6) is 17.2 Å². The number of pyridine rings is 1. The number of piperidine rings is 1. The van der Waals surface area contributed by atoms with Gasteiger partial charge < -0.3 is 29.7 Å². The molecule has 0 radical (unpaired) electrons. The molecule has 1 saturated heterocycles. The molecule has 0 unspecified atom stereocenters. The van der Waals surface area contributed by atoms with Gasteiger partial charge in [-0.05, 0) is 82.7 Å². The summed E-state index contributed by atoms with van der Waals surface area (Å²) >= 11 is 0. The highest BCUT2D eigenvalue weighted by Crippen LogP contribution is 2.38. The molecule has 2 fully saturated rings. The fourth-order valence-corrected chi connectivity index (χ4v) is 4.60. The lowest BCUT2D eigenvalue weighted by atomic mass is 9.98. The van der Waals surface area contributed by atoms with Crippen molar-refractivity contribution in [2.24, 2.45) is 5.92 Å². The van der Waals surface area contributed by atoms with E-state index in [1.165, 1.54) is 12.1 Å². The van der Waals surface area contributed by atoms with E-state index in [-0.39, 0.29) is 29.5 Å². The third kappa shape index (κ3) is 7.37. The van der Waals surface area contributed by atoms with E-state index in [4.69, 9.17) is 20.8 Å². The molecule has 220 valence electrons. The van der Waals surface area contributed by atoms with Gasteiger partial charge in [0.25, 0.3) is 0 Å². The minimum absolute atomic E-state index is 0.0488. The maximum Gasteiger partial charge on any atom is 0.410 e. The Labute approximate surface area is 244 Å². The van der Waals surface area contributed by atoms with E-state index in [0.29, 0.717) is 47.8 Å². The van der Waals surface area contributed by atoms with Crippen LogP contribution in [0.25, 0.3) is 15.7 Å². The zero-order chi connectivity index (χ0) is 29.9. The summed E-state index contributed by atoms with van der Waals surface area (Å²) in [7, 11) is 0. The number of hydrogen-bond donors (Lipinski definition) is 2. The molecule has 11 heteroatoms. The highest BCUT2D eigenvalue weighted by atomic mass is 19.1. The third-order valence-corrected chi connectivity index (χ3v) is 6.97. The number of urea groups is 1. The number of benzene rings is 2. The van der Waals surface area contributed by atoms with Gasteiger partial charge in [-0.25, -0.2) is 18.8 Å². The van der Waals surface area contributed by atoms with Crippen molar-refractivity contribution in [1.82, 2.24) is 15.2 Å². The van der Waals surface area contributed by atoms with Crippen molar-refractivity contribution in [1.29, 1.82) is 0 Å². The van der Waals surface area contributed by atoms with Crippen LogP contribution in [0.3, 0.4) is 0 Å². The predicted octanol–water partition coefficient (Wildman–Crippen LogP) is 7.03. The lowest BCUT2D eigenvalue weighted by Crippen LogP contribution is -2.42. The number of rotatable bonds is 7. The largest absolute Gasteiger partial charge is 0.504 e. The Balaban J connectivity index is 1.23.